The van der Waals surface area contributed by atoms with Crippen LogP contribution in [-0.4, -0.2) is 30.1 Å². The Morgan fingerprint density at radius 2 is 1.64 bits per heavy atom. The Balaban J connectivity index is 1.87. The van der Waals surface area contributed by atoms with Crippen molar-refractivity contribution in [2.75, 3.05) is 20.6 Å². The lowest BCUT2D eigenvalue weighted by Crippen LogP contribution is -2.13. The molecule has 0 aliphatic heterocycles. The van der Waals surface area contributed by atoms with E-state index in [1.54, 1.807) is 0 Å². The Hall–Kier alpha value is -2.06. The first-order chi connectivity index (χ1) is 10.7. The average Bonchev–Trinajstić information content (AvgIpc) is 2.86. The summed E-state index contributed by atoms with van der Waals surface area (Å²) in [4.78, 5) is 2.25. The number of hydrogen-bond acceptors (Lipinski definition) is 1. The monoisotopic (exact) mass is 292 g/mol. The van der Waals surface area contributed by atoms with Crippen molar-refractivity contribution in [3.8, 4) is 0 Å². The van der Waals surface area contributed by atoms with Gasteiger partial charge in [0.25, 0.3) is 0 Å². The number of aryl methyl sites for hydroxylation is 1. The van der Waals surface area contributed by atoms with Gasteiger partial charge in [-0.3, -0.25) is 0 Å². The molecule has 0 spiro atoms. The van der Waals surface area contributed by atoms with Gasteiger partial charge in [-0.05, 0) is 50.7 Å². The molecule has 0 atom stereocenters. The molecule has 2 aromatic carbocycles. The van der Waals surface area contributed by atoms with Crippen LogP contribution in [0.15, 0.2) is 60.8 Å². The van der Waals surface area contributed by atoms with Crippen LogP contribution in [0.2, 0.25) is 0 Å². The van der Waals surface area contributed by atoms with Crippen molar-refractivity contribution in [2.45, 2.75) is 19.4 Å². The van der Waals surface area contributed by atoms with Gasteiger partial charge in [-0.15, -0.1) is 0 Å². The van der Waals surface area contributed by atoms with Gasteiger partial charge < -0.3 is 9.47 Å². The number of benzene rings is 2. The molecule has 3 rings (SSSR count). The van der Waals surface area contributed by atoms with E-state index in [4.69, 9.17) is 0 Å². The van der Waals surface area contributed by atoms with Gasteiger partial charge in [0, 0.05) is 23.6 Å². The van der Waals surface area contributed by atoms with Gasteiger partial charge in [-0.2, -0.15) is 0 Å². The fourth-order valence-corrected chi connectivity index (χ4v) is 3.02. The van der Waals surface area contributed by atoms with E-state index in [-0.39, 0.29) is 0 Å². The van der Waals surface area contributed by atoms with Crippen LogP contribution < -0.4 is 0 Å². The van der Waals surface area contributed by atoms with E-state index in [9.17, 15) is 0 Å². The lowest BCUT2D eigenvalue weighted by atomic mass is 10.1. The third kappa shape index (κ3) is 3.40. The van der Waals surface area contributed by atoms with Crippen LogP contribution in [0.1, 0.15) is 17.5 Å². The van der Waals surface area contributed by atoms with Crippen LogP contribution in [0.25, 0.3) is 10.9 Å². The number of aromatic nitrogens is 1. The zero-order chi connectivity index (χ0) is 15.4. The molecule has 0 aliphatic rings. The van der Waals surface area contributed by atoms with Crippen molar-refractivity contribution in [3.05, 3.63) is 71.9 Å². The third-order valence-corrected chi connectivity index (χ3v) is 4.12. The van der Waals surface area contributed by atoms with E-state index >= 15 is 0 Å². The molecule has 2 nitrogen and oxygen atoms in total. The highest BCUT2D eigenvalue weighted by Gasteiger charge is 2.08. The Morgan fingerprint density at radius 3 is 2.41 bits per heavy atom. The molecule has 22 heavy (non-hydrogen) atoms. The second-order valence-corrected chi connectivity index (χ2v) is 6.19. The fourth-order valence-electron chi connectivity index (χ4n) is 3.02. The minimum Gasteiger partial charge on any atom is -0.343 e. The maximum Gasteiger partial charge on any atom is 0.0486 e. The average molecular weight is 292 g/mol. The van der Waals surface area contributed by atoms with Gasteiger partial charge >= 0.3 is 0 Å². The zero-order valence-electron chi connectivity index (χ0n) is 13.5. The standard InChI is InChI=1S/C20H24N2/c1-21(2)14-8-11-18-16-22(15-17-9-4-3-5-10-17)20-13-7-6-12-19(18)20/h3-7,9-10,12-13,16H,8,11,14-15H2,1-2H3. The van der Waals surface area contributed by atoms with E-state index in [0.717, 1.165) is 19.5 Å². The molecule has 0 bridgehead atoms. The summed E-state index contributed by atoms with van der Waals surface area (Å²) in [7, 11) is 4.28. The Labute approximate surface area is 133 Å². The Kier molecular flexibility index (Phi) is 4.59. The molecule has 0 saturated carbocycles. The van der Waals surface area contributed by atoms with Crippen molar-refractivity contribution in [1.29, 1.82) is 0 Å². The molecule has 0 N–H and O–H groups in total. The summed E-state index contributed by atoms with van der Waals surface area (Å²) in [5.74, 6) is 0. The van der Waals surface area contributed by atoms with Crippen LogP contribution in [0.3, 0.4) is 0 Å². The van der Waals surface area contributed by atoms with E-state index < -0.39 is 0 Å². The van der Waals surface area contributed by atoms with Crippen molar-refractivity contribution < 1.29 is 0 Å². The first-order valence-electron chi connectivity index (χ1n) is 7.99. The summed E-state index contributed by atoms with van der Waals surface area (Å²) < 4.78 is 2.38. The molecule has 3 aromatic rings. The van der Waals surface area contributed by atoms with Crippen LogP contribution in [0.5, 0.6) is 0 Å². The minimum atomic E-state index is 0.940. The number of hydrogen-bond donors (Lipinski definition) is 0. The molecule has 1 aromatic heterocycles. The van der Waals surface area contributed by atoms with Gasteiger partial charge in [-0.25, -0.2) is 0 Å². The number of rotatable bonds is 6. The van der Waals surface area contributed by atoms with E-state index in [2.05, 4.69) is 84.4 Å². The van der Waals surface area contributed by atoms with Crippen LogP contribution in [0.4, 0.5) is 0 Å². The maximum atomic E-state index is 2.38. The first kappa shape index (κ1) is 14.9. The lowest BCUT2D eigenvalue weighted by Gasteiger charge is -2.08. The molecule has 0 amide bonds. The molecule has 0 radical (unpaired) electrons. The highest BCUT2D eigenvalue weighted by molar-refractivity contribution is 5.84. The largest absolute Gasteiger partial charge is 0.343 e. The lowest BCUT2D eigenvalue weighted by molar-refractivity contribution is 0.400. The Morgan fingerprint density at radius 1 is 0.909 bits per heavy atom. The van der Waals surface area contributed by atoms with Gasteiger partial charge in [0.15, 0.2) is 0 Å². The molecular weight excluding hydrogens is 268 g/mol. The summed E-state index contributed by atoms with van der Waals surface area (Å²) in [6.07, 6.45) is 4.68. The SMILES string of the molecule is CN(C)CCCc1cn(Cc2ccccc2)c2ccccc12. The molecule has 0 saturated heterocycles. The number of nitrogens with zero attached hydrogens (tertiary/aromatic N) is 2. The molecule has 0 unspecified atom stereocenters. The van der Waals surface area contributed by atoms with E-state index in [1.807, 2.05) is 0 Å². The summed E-state index contributed by atoms with van der Waals surface area (Å²) >= 11 is 0. The van der Waals surface area contributed by atoms with Crippen molar-refractivity contribution >= 4 is 10.9 Å². The van der Waals surface area contributed by atoms with Gasteiger partial charge in [0.1, 0.15) is 0 Å². The van der Waals surface area contributed by atoms with Crippen molar-refractivity contribution in [1.82, 2.24) is 9.47 Å². The third-order valence-electron chi connectivity index (χ3n) is 4.12. The predicted molar refractivity (Wildman–Crippen MR) is 94.4 cm³/mol. The normalized spacial score (nSPS) is 11.4. The number of fused-ring (bicyclic) bond motifs is 1. The molecular formula is C20H24N2. The zero-order valence-corrected chi connectivity index (χ0v) is 13.5. The number of para-hydroxylation sites is 1. The fraction of sp³-hybridized carbons (Fsp3) is 0.300. The first-order valence-corrected chi connectivity index (χ1v) is 7.99. The second-order valence-electron chi connectivity index (χ2n) is 6.19. The second kappa shape index (κ2) is 6.80. The highest BCUT2D eigenvalue weighted by atomic mass is 15.0. The quantitative estimate of drug-likeness (QED) is 0.661. The highest BCUT2D eigenvalue weighted by Crippen LogP contribution is 2.23. The summed E-state index contributed by atoms with van der Waals surface area (Å²) in [5, 5.41) is 1.40. The summed E-state index contributed by atoms with van der Waals surface area (Å²) in [5.41, 5.74) is 4.16. The van der Waals surface area contributed by atoms with Gasteiger partial charge in [0.05, 0.1) is 0 Å². The predicted octanol–water partition coefficient (Wildman–Crippen LogP) is 4.18. The topological polar surface area (TPSA) is 8.17 Å². The van der Waals surface area contributed by atoms with Crippen LogP contribution in [0, 0.1) is 0 Å². The van der Waals surface area contributed by atoms with Crippen molar-refractivity contribution in [3.63, 3.8) is 0 Å². The molecule has 0 aliphatic carbocycles. The summed E-state index contributed by atoms with van der Waals surface area (Å²) in [6.45, 7) is 2.08. The minimum absolute atomic E-state index is 0.940. The molecule has 0 fully saturated rings. The van der Waals surface area contributed by atoms with E-state index in [1.165, 1.54) is 28.5 Å². The van der Waals surface area contributed by atoms with Gasteiger partial charge in [0.2, 0.25) is 0 Å². The molecule has 2 heteroatoms. The van der Waals surface area contributed by atoms with Gasteiger partial charge in [-0.1, -0.05) is 48.5 Å². The Bertz CT molecular complexity index is 726. The smallest absolute Gasteiger partial charge is 0.0486 e. The maximum absolute atomic E-state index is 2.38. The van der Waals surface area contributed by atoms with E-state index in [0.29, 0.717) is 0 Å². The van der Waals surface area contributed by atoms with Crippen LogP contribution in [-0.2, 0) is 13.0 Å². The molecule has 1 heterocycles. The molecule has 114 valence electrons. The summed E-state index contributed by atoms with van der Waals surface area (Å²) in [6, 6.07) is 19.4. The van der Waals surface area contributed by atoms with Crippen LogP contribution >= 0.6 is 0 Å². The van der Waals surface area contributed by atoms with Crippen molar-refractivity contribution in [2.24, 2.45) is 0 Å².